The van der Waals surface area contributed by atoms with Gasteiger partial charge in [0, 0.05) is 63.0 Å². The van der Waals surface area contributed by atoms with E-state index in [-0.39, 0.29) is 23.6 Å². The minimum Gasteiger partial charge on any atom is -0.343 e. The van der Waals surface area contributed by atoms with Crippen LogP contribution in [0.5, 0.6) is 0 Å². The van der Waals surface area contributed by atoms with Gasteiger partial charge in [0.1, 0.15) is 0 Å². The smallest absolute Gasteiger partial charge is 0.227 e. The quantitative estimate of drug-likeness (QED) is 0.645. The fourth-order valence-electron chi connectivity index (χ4n) is 3.65. The molecule has 2 N–H and O–H groups in total. The summed E-state index contributed by atoms with van der Waals surface area (Å²) in [5.74, 6) is 2.29. The van der Waals surface area contributed by atoms with Crippen LogP contribution in [0.25, 0.3) is 0 Å². The van der Waals surface area contributed by atoms with Gasteiger partial charge in [0.2, 0.25) is 17.7 Å². The molecule has 158 valence electrons. The van der Waals surface area contributed by atoms with E-state index in [4.69, 9.17) is 6.42 Å². The van der Waals surface area contributed by atoms with Crippen molar-refractivity contribution in [3.05, 3.63) is 24.3 Å². The van der Waals surface area contributed by atoms with Gasteiger partial charge in [-0.2, -0.15) is 10.2 Å². The Bertz CT molecular complexity index is 875. The van der Waals surface area contributed by atoms with Crippen molar-refractivity contribution in [1.29, 1.82) is 0 Å². The van der Waals surface area contributed by atoms with Crippen LogP contribution in [0.2, 0.25) is 0 Å². The second-order valence-electron chi connectivity index (χ2n) is 7.79. The molecule has 0 spiro atoms. The molecule has 8 nitrogen and oxygen atoms in total. The van der Waals surface area contributed by atoms with Crippen LogP contribution >= 0.6 is 0 Å². The van der Waals surface area contributed by atoms with Crippen LogP contribution in [-0.4, -0.2) is 41.4 Å². The van der Waals surface area contributed by atoms with Crippen molar-refractivity contribution in [2.75, 3.05) is 23.7 Å². The van der Waals surface area contributed by atoms with E-state index in [2.05, 4.69) is 26.8 Å². The SMILES string of the molecule is C#CCCC1(CCC(=O)N2CCC(C(=O)Nc3cccc(NC(C)=O)c3)CC2)N=N1. The summed E-state index contributed by atoms with van der Waals surface area (Å²) in [4.78, 5) is 38.1. The fourth-order valence-corrected chi connectivity index (χ4v) is 3.65. The lowest BCUT2D eigenvalue weighted by molar-refractivity contribution is -0.134. The molecule has 1 aromatic carbocycles. The Morgan fingerprint density at radius 1 is 1.17 bits per heavy atom. The number of carbonyl (C=O) groups is 3. The van der Waals surface area contributed by atoms with Crippen molar-refractivity contribution < 1.29 is 14.4 Å². The number of likely N-dealkylation sites (tertiary alicyclic amines) is 1. The number of rotatable bonds is 8. The Hall–Kier alpha value is -3.21. The molecule has 8 heteroatoms. The topological polar surface area (TPSA) is 103 Å². The average molecular weight is 409 g/mol. The molecule has 30 heavy (non-hydrogen) atoms. The van der Waals surface area contributed by atoms with E-state index in [1.54, 1.807) is 24.3 Å². The number of nitrogens with one attached hydrogen (secondary N) is 2. The molecule has 1 aromatic rings. The molecule has 0 radical (unpaired) electrons. The summed E-state index contributed by atoms with van der Waals surface area (Å²) in [7, 11) is 0. The van der Waals surface area contributed by atoms with Crippen LogP contribution in [0.3, 0.4) is 0 Å². The van der Waals surface area contributed by atoms with E-state index < -0.39 is 5.66 Å². The van der Waals surface area contributed by atoms with Crippen molar-refractivity contribution in [2.24, 2.45) is 16.1 Å². The van der Waals surface area contributed by atoms with Gasteiger partial charge in [0.25, 0.3) is 0 Å². The summed E-state index contributed by atoms with van der Waals surface area (Å²) >= 11 is 0. The molecule has 2 aliphatic heterocycles. The van der Waals surface area contributed by atoms with Gasteiger partial charge in [-0.25, -0.2) is 0 Å². The number of hydrogen-bond donors (Lipinski definition) is 2. The zero-order chi connectivity index (χ0) is 21.6. The Balaban J connectivity index is 1.42. The maximum Gasteiger partial charge on any atom is 0.227 e. The standard InChI is InChI=1S/C22H27N5O3/c1-3-4-11-22(25-26-22)12-8-20(29)27-13-9-17(10-14-27)21(30)24-19-7-5-6-18(15-19)23-16(2)28/h1,5-7,15,17H,4,8-14H2,2H3,(H,23,28)(H,24,30). The maximum atomic E-state index is 12.6. The molecule has 0 saturated carbocycles. The van der Waals surface area contributed by atoms with E-state index in [9.17, 15) is 14.4 Å². The Labute approximate surface area is 176 Å². The Morgan fingerprint density at radius 3 is 2.43 bits per heavy atom. The van der Waals surface area contributed by atoms with Crippen molar-refractivity contribution >= 4 is 29.1 Å². The summed E-state index contributed by atoms with van der Waals surface area (Å²) in [6.07, 6.45) is 8.83. The summed E-state index contributed by atoms with van der Waals surface area (Å²) in [6, 6.07) is 7.05. The number of carbonyl (C=O) groups excluding carboxylic acids is 3. The van der Waals surface area contributed by atoms with Crippen molar-refractivity contribution in [3.8, 4) is 12.3 Å². The number of benzene rings is 1. The number of nitrogens with zero attached hydrogens (tertiary/aromatic N) is 3. The molecule has 3 rings (SSSR count). The van der Waals surface area contributed by atoms with Gasteiger partial charge in [0.15, 0.2) is 5.66 Å². The molecule has 0 bridgehead atoms. The van der Waals surface area contributed by atoms with E-state index >= 15 is 0 Å². The summed E-state index contributed by atoms with van der Waals surface area (Å²) in [5.41, 5.74) is 0.834. The molecule has 0 aliphatic carbocycles. The molecule has 1 fully saturated rings. The predicted molar refractivity (Wildman–Crippen MR) is 114 cm³/mol. The lowest BCUT2D eigenvalue weighted by atomic mass is 9.95. The van der Waals surface area contributed by atoms with Crippen LogP contribution in [0.15, 0.2) is 34.5 Å². The van der Waals surface area contributed by atoms with Gasteiger partial charge in [-0.1, -0.05) is 6.07 Å². The van der Waals surface area contributed by atoms with Crippen LogP contribution in [0, 0.1) is 18.3 Å². The monoisotopic (exact) mass is 409 g/mol. The maximum absolute atomic E-state index is 12.6. The zero-order valence-electron chi connectivity index (χ0n) is 17.2. The third kappa shape index (κ3) is 5.89. The summed E-state index contributed by atoms with van der Waals surface area (Å²) in [5, 5.41) is 13.7. The van der Waals surface area contributed by atoms with Gasteiger partial charge >= 0.3 is 0 Å². The number of anilines is 2. The third-order valence-electron chi connectivity index (χ3n) is 5.46. The minimum absolute atomic E-state index is 0.0640. The van der Waals surface area contributed by atoms with E-state index in [0.29, 0.717) is 63.0 Å². The lowest BCUT2D eigenvalue weighted by Gasteiger charge is -2.31. The molecule has 0 aromatic heterocycles. The highest BCUT2D eigenvalue weighted by Gasteiger charge is 2.40. The minimum atomic E-state index is -0.438. The van der Waals surface area contributed by atoms with E-state index in [1.807, 2.05) is 4.90 Å². The number of terminal acetylenes is 1. The van der Waals surface area contributed by atoms with E-state index in [0.717, 1.165) is 0 Å². The van der Waals surface area contributed by atoms with Crippen LogP contribution < -0.4 is 10.6 Å². The molecular weight excluding hydrogens is 382 g/mol. The first-order valence-corrected chi connectivity index (χ1v) is 10.2. The molecule has 0 atom stereocenters. The normalized spacial score (nSPS) is 17.1. The highest BCUT2D eigenvalue weighted by Crippen LogP contribution is 2.37. The number of piperidine rings is 1. The van der Waals surface area contributed by atoms with Crippen molar-refractivity contribution in [1.82, 2.24) is 4.90 Å². The average Bonchev–Trinajstić information content (AvgIpc) is 3.50. The summed E-state index contributed by atoms with van der Waals surface area (Å²) in [6.45, 7) is 2.56. The van der Waals surface area contributed by atoms with Gasteiger partial charge in [-0.05, 0) is 31.0 Å². The first kappa shape index (κ1) is 21.5. The first-order valence-electron chi connectivity index (χ1n) is 10.2. The van der Waals surface area contributed by atoms with Crippen LogP contribution in [0.1, 0.15) is 45.4 Å². The van der Waals surface area contributed by atoms with Crippen molar-refractivity contribution in [2.45, 2.75) is 51.1 Å². The number of hydrogen-bond acceptors (Lipinski definition) is 5. The second-order valence-corrected chi connectivity index (χ2v) is 7.79. The highest BCUT2D eigenvalue weighted by atomic mass is 16.2. The largest absolute Gasteiger partial charge is 0.343 e. The molecular formula is C22H27N5O3. The predicted octanol–water partition coefficient (Wildman–Crippen LogP) is 3.18. The van der Waals surface area contributed by atoms with Gasteiger partial charge < -0.3 is 15.5 Å². The number of amides is 3. The molecule has 2 heterocycles. The highest BCUT2D eigenvalue weighted by molar-refractivity contribution is 5.94. The second kappa shape index (κ2) is 9.53. The Morgan fingerprint density at radius 2 is 1.83 bits per heavy atom. The summed E-state index contributed by atoms with van der Waals surface area (Å²) < 4.78 is 0. The molecule has 3 amide bonds. The van der Waals surface area contributed by atoms with Crippen molar-refractivity contribution in [3.63, 3.8) is 0 Å². The zero-order valence-corrected chi connectivity index (χ0v) is 17.2. The Kier molecular flexibility index (Phi) is 6.83. The fraction of sp³-hybridized carbons (Fsp3) is 0.500. The van der Waals surface area contributed by atoms with Gasteiger partial charge in [-0.3, -0.25) is 14.4 Å². The molecule has 2 aliphatic rings. The van der Waals surface area contributed by atoms with Crippen LogP contribution in [0.4, 0.5) is 11.4 Å². The van der Waals surface area contributed by atoms with Gasteiger partial charge in [0.05, 0.1) is 0 Å². The lowest BCUT2D eigenvalue weighted by Crippen LogP contribution is -2.41. The first-order chi connectivity index (χ1) is 14.4. The van der Waals surface area contributed by atoms with Crippen LogP contribution in [-0.2, 0) is 14.4 Å². The third-order valence-corrected chi connectivity index (χ3v) is 5.46. The molecule has 1 saturated heterocycles. The molecule has 0 unspecified atom stereocenters. The van der Waals surface area contributed by atoms with E-state index in [1.165, 1.54) is 6.92 Å². The van der Waals surface area contributed by atoms with Gasteiger partial charge in [-0.15, -0.1) is 12.3 Å².